The normalized spacial score (nSPS) is 20.2. The Balaban J connectivity index is 2.10. The Morgan fingerprint density at radius 1 is 1.42 bits per heavy atom. The van der Waals surface area contributed by atoms with E-state index in [4.69, 9.17) is 11.6 Å². The zero-order chi connectivity index (χ0) is 14.0. The van der Waals surface area contributed by atoms with Crippen molar-refractivity contribution >= 4 is 17.4 Å². The molecule has 0 bridgehead atoms. The molecule has 106 valence electrons. The highest BCUT2D eigenvalue weighted by molar-refractivity contribution is 6.30. The van der Waals surface area contributed by atoms with Crippen LogP contribution >= 0.6 is 11.6 Å². The molecule has 1 aliphatic heterocycles. The fraction of sp³-hybridized carbons (Fsp3) is 0.714. The molecule has 0 aromatic carbocycles. The van der Waals surface area contributed by atoms with E-state index in [1.165, 1.54) is 19.4 Å². The van der Waals surface area contributed by atoms with Crippen LogP contribution in [0.2, 0.25) is 5.15 Å². The summed E-state index contributed by atoms with van der Waals surface area (Å²) >= 11 is 6.19. The second kappa shape index (κ2) is 6.06. The highest BCUT2D eigenvalue weighted by Gasteiger charge is 2.21. The van der Waals surface area contributed by atoms with Gasteiger partial charge in [-0.05, 0) is 33.4 Å². The van der Waals surface area contributed by atoms with Gasteiger partial charge in [0, 0.05) is 24.1 Å². The third-order valence-corrected chi connectivity index (χ3v) is 4.16. The summed E-state index contributed by atoms with van der Waals surface area (Å²) in [6, 6.07) is 0.593. The maximum absolute atomic E-state index is 6.19. The molecule has 1 aromatic rings. The van der Waals surface area contributed by atoms with E-state index in [9.17, 15) is 0 Å². The zero-order valence-electron chi connectivity index (χ0n) is 12.2. The average Bonchev–Trinajstić information content (AvgIpc) is 2.76. The second-order valence-electron chi connectivity index (χ2n) is 5.66. The minimum absolute atomic E-state index is 0.285. The summed E-state index contributed by atoms with van der Waals surface area (Å²) in [6.45, 7) is 8.23. The number of hydrogen-bond acceptors (Lipinski definition) is 4. The molecular formula is C14H23ClN4. The maximum Gasteiger partial charge on any atom is 0.137 e. The summed E-state index contributed by atoms with van der Waals surface area (Å²) in [4.78, 5) is 11.3. The summed E-state index contributed by atoms with van der Waals surface area (Å²) in [6.07, 6.45) is 2.53. The van der Waals surface area contributed by atoms with Crippen molar-refractivity contribution < 1.29 is 0 Å². The van der Waals surface area contributed by atoms with Gasteiger partial charge in [-0.3, -0.25) is 0 Å². The van der Waals surface area contributed by atoms with Gasteiger partial charge in [-0.1, -0.05) is 25.4 Å². The lowest BCUT2D eigenvalue weighted by Gasteiger charge is -2.21. The van der Waals surface area contributed by atoms with E-state index in [1.54, 1.807) is 0 Å². The van der Waals surface area contributed by atoms with Crippen LogP contribution in [0, 0.1) is 6.92 Å². The fourth-order valence-corrected chi connectivity index (χ4v) is 2.56. The molecular weight excluding hydrogens is 260 g/mol. The Kier molecular flexibility index (Phi) is 4.63. The van der Waals surface area contributed by atoms with Crippen molar-refractivity contribution in [1.29, 1.82) is 0 Å². The zero-order valence-corrected chi connectivity index (χ0v) is 13.0. The summed E-state index contributed by atoms with van der Waals surface area (Å²) in [5, 5.41) is 4.00. The lowest BCUT2D eigenvalue weighted by Crippen LogP contribution is -2.32. The van der Waals surface area contributed by atoms with Crippen molar-refractivity contribution in [2.75, 3.05) is 25.5 Å². The summed E-state index contributed by atoms with van der Waals surface area (Å²) in [5.41, 5.74) is 0.937. The van der Waals surface area contributed by atoms with E-state index in [1.807, 2.05) is 6.92 Å². The molecule has 0 aliphatic carbocycles. The molecule has 1 aliphatic rings. The van der Waals surface area contributed by atoms with Crippen molar-refractivity contribution in [3.8, 4) is 0 Å². The lowest BCUT2D eigenvalue weighted by atomic mass is 10.2. The van der Waals surface area contributed by atoms with E-state index < -0.39 is 0 Å². The predicted molar refractivity (Wildman–Crippen MR) is 80.0 cm³/mol. The van der Waals surface area contributed by atoms with Crippen LogP contribution in [-0.4, -0.2) is 41.0 Å². The molecule has 2 heterocycles. The van der Waals surface area contributed by atoms with E-state index in [0.29, 0.717) is 11.2 Å². The van der Waals surface area contributed by atoms with Crippen LogP contribution in [0.1, 0.15) is 44.0 Å². The van der Waals surface area contributed by atoms with Gasteiger partial charge in [0.2, 0.25) is 0 Å². The number of likely N-dealkylation sites (N-methyl/N-ethyl adjacent to an activating group) is 1. The van der Waals surface area contributed by atoms with Gasteiger partial charge in [-0.2, -0.15) is 0 Å². The average molecular weight is 283 g/mol. The van der Waals surface area contributed by atoms with Gasteiger partial charge < -0.3 is 10.2 Å². The molecule has 4 nitrogen and oxygen atoms in total. The van der Waals surface area contributed by atoms with Crippen LogP contribution in [-0.2, 0) is 0 Å². The van der Waals surface area contributed by atoms with Crippen LogP contribution in [0.25, 0.3) is 0 Å². The summed E-state index contributed by atoms with van der Waals surface area (Å²) in [5.74, 6) is 1.97. The lowest BCUT2D eigenvalue weighted by molar-refractivity contribution is 0.322. The molecule has 1 N–H and O–H groups in total. The van der Waals surface area contributed by atoms with Gasteiger partial charge in [0.1, 0.15) is 16.8 Å². The van der Waals surface area contributed by atoms with E-state index in [-0.39, 0.29) is 5.92 Å². The second-order valence-corrected chi connectivity index (χ2v) is 6.02. The predicted octanol–water partition coefficient (Wildman–Crippen LogP) is 3.07. The van der Waals surface area contributed by atoms with Crippen LogP contribution in [0.5, 0.6) is 0 Å². The minimum Gasteiger partial charge on any atom is -0.368 e. The van der Waals surface area contributed by atoms with Crippen LogP contribution in [0.15, 0.2) is 0 Å². The van der Waals surface area contributed by atoms with Crippen LogP contribution < -0.4 is 5.32 Å². The quantitative estimate of drug-likeness (QED) is 0.862. The standard InChI is InChI=1S/C14H23ClN4/c1-9(2)13-17-12(15)10(3)14(18-13)16-8-11-6-5-7-19(11)4/h9,11H,5-8H2,1-4H3,(H,16,17,18). The van der Waals surface area contributed by atoms with Crippen LogP contribution in [0.4, 0.5) is 5.82 Å². The number of halogens is 1. The number of nitrogens with one attached hydrogen (secondary N) is 1. The Morgan fingerprint density at radius 2 is 2.16 bits per heavy atom. The van der Waals surface area contributed by atoms with Gasteiger partial charge in [-0.15, -0.1) is 0 Å². The Bertz CT molecular complexity index is 447. The molecule has 1 aromatic heterocycles. The molecule has 1 unspecified atom stereocenters. The van der Waals surface area contributed by atoms with Gasteiger partial charge in [0.05, 0.1) is 0 Å². The molecule has 2 rings (SSSR count). The molecule has 5 heteroatoms. The summed E-state index contributed by atoms with van der Waals surface area (Å²) in [7, 11) is 2.18. The van der Waals surface area contributed by atoms with Crippen molar-refractivity contribution in [2.24, 2.45) is 0 Å². The van der Waals surface area contributed by atoms with E-state index in [0.717, 1.165) is 23.8 Å². The molecule has 0 amide bonds. The Hall–Kier alpha value is -0.870. The van der Waals surface area contributed by atoms with Crippen molar-refractivity contribution in [2.45, 2.75) is 45.6 Å². The minimum atomic E-state index is 0.285. The molecule has 0 saturated carbocycles. The molecule has 1 fully saturated rings. The van der Waals surface area contributed by atoms with Gasteiger partial charge >= 0.3 is 0 Å². The van der Waals surface area contributed by atoms with Crippen molar-refractivity contribution in [3.05, 3.63) is 16.5 Å². The molecule has 0 spiro atoms. The van der Waals surface area contributed by atoms with Crippen LogP contribution in [0.3, 0.4) is 0 Å². The SMILES string of the molecule is Cc1c(Cl)nc(C(C)C)nc1NCC1CCCN1C. The maximum atomic E-state index is 6.19. The van der Waals surface area contributed by atoms with Crippen molar-refractivity contribution in [3.63, 3.8) is 0 Å². The van der Waals surface area contributed by atoms with E-state index >= 15 is 0 Å². The largest absolute Gasteiger partial charge is 0.368 e. The first-order valence-electron chi connectivity index (χ1n) is 6.97. The van der Waals surface area contributed by atoms with Crippen molar-refractivity contribution in [1.82, 2.24) is 14.9 Å². The third kappa shape index (κ3) is 3.37. The molecule has 19 heavy (non-hydrogen) atoms. The van der Waals surface area contributed by atoms with Gasteiger partial charge in [-0.25, -0.2) is 9.97 Å². The third-order valence-electron chi connectivity index (χ3n) is 3.80. The Labute approximate surface area is 120 Å². The first kappa shape index (κ1) is 14.5. The van der Waals surface area contributed by atoms with E-state index in [2.05, 4.69) is 41.1 Å². The van der Waals surface area contributed by atoms with Gasteiger partial charge in [0.25, 0.3) is 0 Å². The number of rotatable bonds is 4. The number of anilines is 1. The molecule has 1 atom stereocenters. The number of likely N-dealkylation sites (tertiary alicyclic amines) is 1. The monoisotopic (exact) mass is 282 g/mol. The molecule has 0 radical (unpaired) electrons. The highest BCUT2D eigenvalue weighted by Crippen LogP contribution is 2.23. The number of aromatic nitrogens is 2. The smallest absolute Gasteiger partial charge is 0.137 e. The fourth-order valence-electron chi connectivity index (χ4n) is 2.39. The number of nitrogens with zero attached hydrogens (tertiary/aromatic N) is 3. The molecule has 1 saturated heterocycles. The first-order chi connectivity index (χ1) is 8.99. The Morgan fingerprint density at radius 3 is 2.74 bits per heavy atom. The first-order valence-corrected chi connectivity index (χ1v) is 7.35. The van der Waals surface area contributed by atoms with Gasteiger partial charge in [0.15, 0.2) is 0 Å². The topological polar surface area (TPSA) is 41.1 Å². The summed E-state index contributed by atoms with van der Waals surface area (Å²) < 4.78 is 0. The highest BCUT2D eigenvalue weighted by atomic mass is 35.5. The number of hydrogen-bond donors (Lipinski definition) is 1.